The number of fused-ring (bicyclic) bond motifs is 1. The Bertz CT molecular complexity index is 996. The van der Waals surface area contributed by atoms with Crippen LogP contribution in [0, 0.1) is 19.8 Å². The van der Waals surface area contributed by atoms with E-state index in [1.165, 1.54) is 55.4 Å². The van der Waals surface area contributed by atoms with E-state index in [9.17, 15) is 0 Å². The van der Waals surface area contributed by atoms with Crippen LogP contribution in [-0.4, -0.2) is 34.6 Å². The van der Waals surface area contributed by atoms with Crippen molar-refractivity contribution in [2.24, 2.45) is 5.92 Å². The highest BCUT2D eigenvalue weighted by molar-refractivity contribution is 6.30. The lowest BCUT2D eigenvalue weighted by atomic mass is 9.94. The van der Waals surface area contributed by atoms with E-state index in [4.69, 9.17) is 21.3 Å². The van der Waals surface area contributed by atoms with Gasteiger partial charge in [0, 0.05) is 18.1 Å². The summed E-state index contributed by atoms with van der Waals surface area (Å²) in [6.45, 7) is 8.24. The van der Waals surface area contributed by atoms with Gasteiger partial charge in [-0.15, -0.1) is 0 Å². The third-order valence-corrected chi connectivity index (χ3v) is 6.59. The Morgan fingerprint density at radius 2 is 1.90 bits per heavy atom. The van der Waals surface area contributed by atoms with Crippen LogP contribution in [0.2, 0.25) is 5.02 Å². The van der Waals surface area contributed by atoms with Gasteiger partial charge in [-0.05, 0) is 107 Å². The third kappa shape index (κ3) is 4.98. The topological polar surface area (TPSA) is 30.3 Å². The summed E-state index contributed by atoms with van der Waals surface area (Å²) in [5.74, 6) is 2.62. The fourth-order valence-electron chi connectivity index (χ4n) is 4.52. The number of halogens is 1. The molecule has 2 aromatic carbocycles. The van der Waals surface area contributed by atoms with Crippen molar-refractivity contribution in [1.29, 1.82) is 0 Å². The summed E-state index contributed by atoms with van der Waals surface area (Å²) < 4.78 is 8.40. The normalized spacial score (nSPS) is 17.5. The third-order valence-electron chi connectivity index (χ3n) is 6.34. The zero-order valence-electron chi connectivity index (χ0n) is 18.3. The molecule has 4 nitrogen and oxygen atoms in total. The Hall–Kier alpha value is -2.04. The maximum absolute atomic E-state index is 6.04. The fourth-order valence-corrected chi connectivity index (χ4v) is 4.64. The van der Waals surface area contributed by atoms with Gasteiger partial charge in [0.05, 0.1) is 11.0 Å². The molecule has 1 aromatic heterocycles. The minimum Gasteiger partial charge on any atom is -0.486 e. The first-order valence-electron chi connectivity index (χ1n) is 11.0. The molecule has 1 saturated heterocycles. The zero-order chi connectivity index (χ0) is 21.1. The van der Waals surface area contributed by atoms with Crippen molar-refractivity contribution >= 4 is 22.6 Å². The number of aryl methyl sites for hydroxylation is 3. The van der Waals surface area contributed by atoms with Crippen LogP contribution in [0.4, 0.5) is 0 Å². The highest BCUT2D eigenvalue weighted by atomic mass is 35.5. The van der Waals surface area contributed by atoms with E-state index in [1.807, 2.05) is 24.3 Å². The first-order chi connectivity index (χ1) is 14.5. The number of aromatic nitrogens is 2. The van der Waals surface area contributed by atoms with Crippen LogP contribution in [0.15, 0.2) is 36.4 Å². The number of nitrogens with zero attached hydrogens (tertiary/aromatic N) is 3. The second-order valence-electron chi connectivity index (χ2n) is 8.76. The summed E-state index contributed by atoms with van der Waals surface area (Å²) in [5.41, 5.74) is 4.86. The van der Waals surface area contributed by atoms with Crippen LogP contribution < -0.4 is 4.74 Å². The molecule has 0 aliphatic carbocycles. The van der Waals surface area contributed by atoms with Crippen LogP contribution in [0.3, 0.4) is 0 Å². The van der Waals surface area contributed by atoms with Crippen molar-refractivity contribution in [1.82, 2.24) is 14.5 Å². The van der Waals surface area contributed by atoms with E-state index in [-0.39, 0.29) is 0 Å². The summed E-state index contributed by atoms with van der Waals surface area (Å²) >= 11 is 5.99. The number of likely N-dealkylation sites (tertiary alicyclic amines) is 1. The number of hydrogen-bond acceptors (Lipinski definition) is 3. The summed E-state index contributed by atoms with van der Waals surface area (Å²) in [5, 5.41) is 0.717. The Morgan fingerprint density at radius 1 is 1.13 bits per heavy atom. The van der Waals surface area contributed by atoms with E-state index < -0.39 is 0 Å². The predicted octanol–water partition coefficient (Wildman–Crippen LogP) is 6.01. The maximum Gasteiger partial charge on any atom is 0.147 e. The molecule has 1 unspecified atom stereocenters. The van der Waals surface area contributed by atoms with Gasteiger partial charge in [-0.2, -0.15) is 0 Å². The van der Waals surface area contributed by atoms with Crippen LogP contribution in [0.25, 0.3) is 11.0 Å². The highest BCUT2D eigenvalue weighted by Gasteiger charge is 2.18. The number of piperidine rings is 1. The van der Waals surface area contributed by atoms with Gasteiger partial charge in [-0.25, -0.2) is 4.98 Å². The quantitative estimate of drug-likeness (QED) is 0.464. The molecule has 4 rings (SSSR count). The van der Waals surface area contributed by atoms with Gasteiger partial charge in [-0.3, -0.25) is 0 Å². The number of rotatable bonds is 7. The molecule has 1 aliphatic heterocycles. The van der Waals surface area contributed by atoms with E-state index >= 15 is 0 Å². The van der Waals surface area contributed by atoms with Gasteiger partial charge in [0.15, 0.2) is 0 Å². The molecule has 0 spiro atoms. The minimum atomic E-state index is 0.459. The second-order valence-corrected chi connectivity index (χ2v) is 9.20. The summed E-state index contributed by atoms with van der Waals surface area (Å²) in [6.07, 6.45) is 5.13. The molecule has 1 atom stereocenters. The van der Waals surface area contributed by atoms with E-state index in [1.54, 1.807) is 0 Å². The van der Waals surface area contributed by atoms with Crippen LogP contribution >= 0.6 is 11.6 Å². The molecule has 1 aliphatic rings. The molecule has 2 heterocycles. The first kappa shape index (κ1) is 21.2. The first-order valence-corrected chi connectivity index (χ1v) is 11.4. The molecule has 0 saturated carbocycles. The number of ether oxygens (including phenoxy) is 1. The molecule has 30 heavy (non-hydrogen) atoms. The largest absolute Gasteiger partial charge is 0.486 e. The lowest BCUT2D eigenvalue weighted by Crippen LogP contribution is -2.32. The Morgan fingerprint density at radius 3 is 2.67 bits per heavy atom. The van der Waals surface area contributed by atoms with Crippen LogP contribution in [-0.2, 0) is 13.2 Å². The van der Waals surface area contributed by atoms with Gasteiger partial charge in [0.2, 0.25) is 0 Å². The molecule has 0 N–H and O–H groups in total. The molecular weight excluding hydrogens is 394 g/mol. The second kappa shape index (κ2) is 9.40. The molecule has 1 fully saturated rings. The monoisotopic (exact) mass is 425 g/mol. The average Bonchev–Trinajstić information content (AvgIpc) is 3.04. The molecule has 0 bridgehead atoms. The summed E-state index contributed by atoms with van der Waals surface area (Å²) in [4.78, 5) is 7.40. The lowest BCUT2D eigenvalue weighted by Gasteiger charge is -2.29. The average molecular weight is 426 g/mol. The number of imidazole rings is 1. The fraction of sp³-hybridized carbons (Fsp3) is 0.480. The lowest BCUT2D eigenvalue weighted by molar-refractivity contribution is 0.198. The molecule has 5 heteroatoms. The Labute approximate surface area is 184 Å². The molecular formula is C25H32ClN3O. The SMILES string of the molecule is Cc1cc2nc(COc3ccc(Cl)cc3)n(CCCC3CCCN(C)C3)c2cc1C. The summed E-state index contributed by atoms with van der Waals surface area (Å²) in [6, 6.07) is 12.0. The van der Waals surface area contributed by atoms with Gasteiger partial charge in [-0.1, -0.05) is 11.6 Å². The maximum atomic E-state index is 6.04. The van der Waals surface area contributed by atoms with Crippen molar-refractivity contribution in [3.05, 3.63) is 58.4 Å². The van der Waals surface area contributed by atoms with E-state index in [2.05, 4.69) is 42.5 Å². The summed E-state index contributed by atoms with van der Waals surface area (Å²) in [7, 11) is 2.24. The van der Waals surface area contributed by atoms with Crippen molar-refractivity contribution in [2.45, 2.75) is 52.7 Å². The standard InChI is InChI=1S/C25H32ClN3O/c1-18-14-23-24(15-19(18)2)29(13-5-7-20-6-4-12-28(3)16-20)25(27-23)17-30-22-10-8-21(26)9-11-22/h8-11,14-15,20H,4-7,12-13,16-17H2,1-3H3. The minimum absolute atomic E-state index is 0.459. The molecule has 160 valence electrons. The Kier molecular flexibility index (Phi) is 6.64. The smallest absolute Gasteiger partial charge is 0.147 e. The number of benzene rings is 2. The Balaban J connectivity index is 1.51. The number of hydrogen-bond donors (Lipinski definition) is 0. The molecule has 0 amide bonds. The van der Waals surface area contributed by atoms with Crippen molar-refractivity contribution < 1.29 is 4.74 Å². The zero-order valence-corrected chi connectivity index (χ0v) is 19.1. The van der Waals surface area contributed by atoms with Gasteiger partial charge >= 0.3 is 0 Å². The van der Waals surface area contributed by atoms with Crippen molar-refractivity contribution in [3.8, 4) is 5.75 Å². The van der Waals surface area contributed by atoms with Gasteiger partial charge in [0.25, 0.3) is 0 Å². The predicted molar refractivity (Wildman–Crippen MR) is 124 cm³/mol. The van der Waals surface area contributed by atoms with E-state index in [0.29, 0.717) is 11.6 Å². The van der Waals surface area contributed by atoms with Crippen molar-refractivity contribution in [3.63, 3.8) is 0 Å². The molecule has 3 aromatic rings. The van der Waals surface area contributed by atoms with Crippen molar-refractivity contribution in [2.75, 3.05) is 20.1 Å². The highest BCUT2D eigenvalue weighted by Crippen LogP contribution is 2.25. The van der Waals surface area contributed by atoms with Crippen LogP contribution in [0.1, 0.15) is 42.6 Å². The van der Waals surface area contributed by atoms with Gasteiger partial charge in [0.1, 0.15) is 18.2 Å². The van der Waals surface area contributed by atoms with E-state index in [0.717, 1.165) is 29.6 Å². The van der Waals surface area contributed by atoms with Gasteiger partial charge < -0.3 is 14.2 Å². The molecule has 0 radical (unpaired) electrons. The van der Waals surface area contributed by atoms with Crippen LogP contribution in [0.5, 0.6) is 5.75 Å².